The molecule has 0 aromatic heterocycles. The number of nitrogens with one attached hydrogen (secondary N) is 1. The normalized spacial score (nSPS) is 18.8. The molecule has 0 radical (unpaired) electrons. The SMILES string of the molecule is Cc1cc(F)ccc1C(C(N)=O)N1CCCNCC1. The van der Waals surface area contributed by atoms with Crippen molar-refractivity contribution in [3.63, 3.8) is 0 Å². The van der Waals surface area contributed by atoms with Crippen LogP contribution in [0.3, 0.4) is 0 Å². The van der Waals surface area contributed by atoms with Crippen molar-refractivity contribution in [1.29, 1.82) is 0 Å². The van der Waals surface area contributed by atoms with Crippen LogP contribution in [0, 0.1) is 12.7 Å². The van der Waals surface area contributed by atoms with Gasteiger partial charge in [-0.15, -0.1) is 0 Å². The molecule has 1 fully saturated rings. The van der Waals surface area contributed by atoms with Gasteiger partial charge in [0.1, 0.15) is 11.9 Å². The number of carbonyl (C=O) groups excluding carboxylic acids is 1. The molecule has 1 unspecified atom stereocenters. The molecular weight excluding hydrogens is 245 g/mol. The van der Waals surface area contributed by atoms with Gasteiger partial charge in [0, 0.05) is 19.6 Å². The van der Waals surface area contributed by atoms with Gasteiger partial charge in [-0.25, -0.2) is 4.39 Å². The minimum atomic E-state index is -0.472. The smallest absolute Gasteiger partial charge is 0.239 e. The van der Waals surface area contributed by atoms with E-state index >= 15 is 0 Å². The summed E-state index contributed by atoms with van der Waals surface area (Å²) in [7, 11) is 0. The number of nitrogens with zero attached hydrogens (tertiary/aromatic N) is 1. The van der Waals surface area contributed by atoms with Crippen molar-refractivity contribution in [2.24, 2.45) is 5.73 Å². The number of nitrogens with two attached hydrogens (primary N) is 1. The average molecular weight is 265 g/mol. The number of aryl methyl sites for hydroxylation is 1. The lowest BCUT2D eigenvalue weighted by Gasteiger charge is -2.29. The molecule has 1 saturated heterocycles. The third kappa shape index (κ3) is 3.30. The maximum absolute atomic E-state index is 13.2. The van der Waals surface area contributed by atoms with E-state index in [9.17, 15) is 9.18 Å². The summed E-state index contributed by atoms with van der Waals surface area (Å²) in [5.74, 6) is -0.668. The van der Waals surface area contributed by atoms with Crippen molar-refractivity contribution in [2.75, 3.05) is 26.2 Å². The molecule has 1 aliphatic heterocycles. The number of hydrogen-bond acceptors (Lipinski definition) is 3. The Bertz CT molecular complexity index is 456. The molecular formula is C14H20FN3O. The van der Waals surface area contributed by atoms with Gasteiger partial charge in [0.15, 0.2) is 0 Å². The van der Waals surface area contributed by atoms with Crippen LogP contribution in [0.4, 0.5) is 4.39 Å². The van der Waals surface area contributed by atoms with Crippen LogP contribution in [-0.4, -0.2) is 37.0 Å². The summed E-state index contributed by atoms with van der Waals surface area (Å²) in [6, 6.07) is 4.02. The lowest BCUT2D eigenvalue weighted by atomic mass is 9.99. The van der Waals surface area contributed by atoms with Gasteiger partial charge in [-0.3, -0.25) is 9.69 Å². The highest BCUT2D eigenvalue weighted by atomic mass is 19.1. The second kappa shape index (κ2) is 6.12. The Morgan fingerprint density at radius 3 is 2.89 bits per heavy atom. The van der Waals surface area contributed by atoms with Crippen LogP contribution in [0.2, 0.25) is 0 Å². The number of amides is 1. The van der Waals surface area contributed by atoms with E-state index in [0.29, 0.717) is 0 Å². The number of benzene rings is 1. The molecule has 0 aliphatic carbocycles. The number of hydrogen-bond donors (Lipinski definition) is 2. The van der Waals surface area contributed by atoms with E-state index in [2.05, 4.69) is 10.2 Å². The number of primary amides is 1. The largest absolute Gasteiger partial charge is 0.368 e. The van der Waals surface area contributed by atoms with Gasteiger partial charge in [0.2, 0.25) is 5.91 Å². The summed E-state index contributed by atoms with van der Waals surface area (Å²) in [6.07, 6.45) is 0.976. The molecule has 104 valence electrons. The number of rotatable bonds is 3. The summed E-state index contributed by atoms with van der Waals surface area (Å²) in [5.41, 5.74) is 7.13. The van der Waals surface area contributed by atoms with Crippen molar-refractivity contribution in [2.45, 2.75) is 19.4 Å². The Kier molecular flexibility index (Phi) is 4.50. The monoisotopic (exact) mass is 265 g/mol. The van der Waals surface area contributed by atoms with Gasteiger partial charge in [-0.1, -0.05) is 6.07 Å². The Labute approximate surface area is 112 Å². The second-order valence-electron chi connectivity index (χ2n) is 4.95. The molecule has 4 nitrogen and oxygen atoms in total. The van der Waals surface area contributed by atoms with Gasteiger partial charge < -0.3 is 11.1 Å². The van der Waals surface area contributed by atoms with Crippen molar-refractivity contribution >= 4 is 5.91 Å². The van der Waals surface area contributed by atoms with Crippen LogP contribution in [0.15, 0.2) is 18.2 Å². The molecule has 1 heterocycles. The van der Waals surface area contributed by atoms with Crippen LogP contribution in [0.25, 0.3) is 0 Å². The first-order chi connectivity index (χ1) is 9.09. The van der Waals surface area contributed by atoms with Crippen LogP contribution in [0.1, 0.15) is 23.6 Å². The molecule has 0 spiro atoms. The molecule has 5 heteroatoms. The lowest BCUT2D eigenvalue weighted by Crippen LogP contribution is -2.40. The summed E-state index contributed by atoms with van der Waals surface area (Å²) >= 11 is 0. The standard InChI is InChI=1S/C14H20FN3O/c1-10-9-11(15)3-4-12(10)13(14(16)19)18-7-2-5-17-6-8-18/h3-4,9,13,17H,2,5-8H2,1H3,(H2,16,19). The van der Waals surface area contributed by atoms with Gasteiger partial charge >= 0.3 is 0 Å². The molecule has 1 atom stereocenters. The van der Waals surface area contributed by atoms with Gasteiger partial charge in [-0.05, 0) is 43.1 Å². The molecule has 3 N–H and O–H groups in total. The highest BCUT2D eigenvalue weighted by Gasteiger charge is 2.27. The van der Waals surface area contributed by atoms with Gasteiger partial charge in [0.25, 0.3) is 0 Å². The fourth-order valence-electron chi connectivity index (χ4n) is 2.60. The maximum atomic E-state index is 13.2. The zero-order valence-electron chi connectivity index (χ0n) is 11.2. The predicted molar refractivity (Wildman–Crippen MR) is 72.1 cm³/mol. The Morgan fingerprint density at radius 1 is 1.42 bits per heavy atom. The quantitative estimate of drug-likeness (QED) is 0.855. The molecule has 19 heavy (non-hydrogen) atoms. The van der Waals surface area contributed by atoms with Crippen LogP contribution in [0.5, 0.6) is 0 Å². The van der Waals surface area contributed by atoms with Crippen LogP contribution in [-0.2, 0) is 4.79 Å². The summed E-state index contributed by atoms with van der Waals surface area (Å²) < 4.78 is 13.2. The topological polar surface area (TPSA) is 58.4 Å². The third-order valence-electron chi connectivity index (χ3n) is 3.54. The van der Waals surface area contributed by atoms with Crippen LogP contribution < -0.4 is 11.1 Å². The fourth-order valence-corrected chi connectivity index (χ4v) is 2.60. The molecule has 1 aromatic carbocycles. The van der Waals surface area contributed by atoms with E-state index in [1.807, 2.05) is 6.92 Å². The summed E-state index contributed by atoms with van der Waals surface area (Å²) in [6.45, 7) is 5.18. The van der Waals surface area contributed by atoms with Crippen LogP contribution >= 0.6 is 0 Å². The lowest BCUT2D eigenvalue weighted by molar-refractivity contribution is -0.123. The highest BCUT2D eigenvalue weighted by molar-refractivity contribution is 5.81. The average Bonchev–Trinajstić information content (AvgIpc) is 2.61. The molecule has 0 bridgehead atoms. The van der Waals surface area contributed by atoms with Crippen molar-refractivity contribution in [3.8, 4) is 0 Å². The Morgan fingerprint density at radius 2 is 2.21 bits per heavy atom. The molecule has 1 aliphatic rings. The van der Waals surface area contributed by atoms with Crippen molar-refractivity contribution < 1.29 is 9.18 Å². The van der Waals surface area contributed by atoms with E-state index in [4.69, 9.17) is 5.73 Å². The molecule has 1 aromatic rings. The number of carbonyl (C=O) groups is 1. The minimum Gasteiger partial charge on any atom is -0.368 e. The summed E-state index contributed by atoms with van der Waals surface area (Å²) in [5, 5.41) is 3.29. The first kappa shape index (κ1) is 14.0. The Balaban J connectivity index is 2.30. The summed E-state index contributed by atoms with van der Waals surface area (Å²) in [4.78, 5) is 13.9. The molecule has 1 amide bonds. The Hall–Kier alpha value is -1.46. The zero-order valence-corrected chi connectivity index (χ0v) is 11.2. The van der Waals surface area contributed by atoms with E-state index in [0.717, 1.165) is 43.7 Å². The fraction of sp³-hybridized carbons (Fsp3) is 0.500. The molecule has 2 rings (SSSR count). The predicted octanol–water partition coefficient (Wildman–Crippen LogP) is 0.956. The second-order valence-corrected chi connectivity index (χ2v) is 4.95. The highest BCUT2D eigenvalue weighted by Crippen LogP contribution is 2.25. The van der Waals surface area contributed by atoms with Crippen molar-refractivity contribution in [1.82, 2.24) is 10.2 Å². The van der Waals surface area contributed by atoms with Gasteiger partial charge in [-0.2, -0.15) is 0 Å². The van der Waals surface area contributed by atoms with Gasteiger partial charge in [0.05, 0.1) is 0 Å². The number of halogens is 1. The van der Waals surface area contributed by atoms with Crippen molar-refractivity contribution in [3.05, 3.63) is 35.1 Å². The van der Waals surface area contributed by atoms with E-state index in [-0.39, 0.29) is 11.7 Å². The van der Waals surface area contributed by atoms with E-state index < -0.39 is 6.04 Å². The first-order valence-electron chi connectivity index (χ1n) is 6.59. The minimum absolute atomic E-state index is 0.290. The molecule has 0 saturated carbocycles. The van der Waals surface area contributed by atoms with E-state index in [1.54, 1.807) is 6.07 Å². The zero-order chi connectivity index (χ0) is 13.8. The first-order valence-corrected chi connectivity index (χ1v) is 6.59. The maximum Gasteiger partial charge on any atom is 0.239 e. The van der Waals surface area contributed by atoms with E-state index in [1.165, 1.54) is 12.1 Å². The third-order valence-corrected chi connectivity index (χ3v) is 3.54.